The van der Waals surface area contributed by atoms with Gasteiger partial charge in [-0.1, -0.05) is 0 Å². The van der Waals surface area contributed by atoms with Crippen LogP contribution in [0.15, 0.2) is 0 Å². The summed E-state index contributed by atoms with van der Waals surface area (Å²) in [6, 6.07) is 0. The first-order valence-electron chi connectivity index (χ1n) is 3.99. The maximum Gasteiger partial charge on any atom is 0.283 e. The van der Waals surface area contributed by atoms with E-state index in [2.05, 4.69) is 39.3 Å². The van der Waals surface area contributed by atoms with Crippen LogP contribution >= 0.6 is 0 Å². The van der Waals surface area contributed by atoms with Gasteiger partial charge in [-0.2, -0.15) is 0 Å². The fourth-order valence-electron chi connectivity index (χ4n) is 0.383. The third kappa shape index (κ3) is 13.4. The van der Waals surface area contributed by atoms with Crippen molar-refractivity contribution < 1.29 is 8.23 Å². The molecule has 0 heterocycles. The summed E-state index contributed by atoms with van der Waals surface area (Å²) in [6.45, 7) is 13.2. The van der Waals surface area contributed by atoms with Crippen LogP contribution in [0.1, 0.15) is 0 Å². The van der Waals surface area contributed by atoms with Crippen LogP contribution in [0.4, 0.5) is 0 Å². The molecule has 0 saturated heterocycles. The zero-order valence-corrected chi connectivity index (χ0v) is 11.9. The first-order chi connectivity index (χ1) is 4.71. The van der Waals surface area contributed by atoms with E-state index < -0.39 is 26.6 Å². The minimum Gasteiger partial charge on any atom is -0.441 e. The molecule has 0 rings (SSSR count). The predicted octanol–water partition coefficient (Wildman–Crippen LogP) is 0.237. The van der Waals surface area contributed by atoms with Gasteiger partial charge in [-0.05, 0) is 50.2 Å². The van der Waals surface area contributed by atoms with Crippen LogP contribution in [0.2, 0.25) is 39.3 Å². The highest BCUT2D eigenvalue weighted by Crippen LogP contribution is 2.05. The molecule has 0 aliphatic carbocycles. The maximum absolute atomic E-state index is 5.70. The molecule has 0 fully saturated rings. The Morgan fingerprint density at radius 3 is 1.17 bits per heavy atom. The Balaban J connectivity index is 0. The number of hydrogen-bond donors (Lipinski definition) is 0. The Hall–Kier alpha value is 0.788. The molecular weight excluding hydrogens is 216 g/mol. The summed E-state index contributed by atoms with van der Waals surface area (Å²) in [4.78, 5) is 0. The second-order valence-corrected chi connectivity index (χ2v) is 15.6. The molecule has 0 aliphatic heterocycles. The highest BCUT2D eigenvalue weighted by Gasteiger charge is 2.18. The van der Waals surface area contributed by atoms with Crippen LogP contribution in [0, 0.1) is 0 Å². The van der Waals surface area contributed by atoms with Crippen molar-refractivity contribution in [2.24, 2.45) is 0 Å². The Bertz CT molecular complexity index is 102. The van der Waals surface area contributed by atoms with E-state index >= 15 is 0 Å². The lowest BCUT2D eigenvalue weighted by atomic mass is 11.8. The summed E-state index contributed by atoms with van der Waals surface area (Å²) in [5.74, 6) is 0. The minimum absolute atomic E-state index is 0. The maximum atomic E-state index is 5.70. The van der Waals surface area contributed by atoms with E-state index in [9.17, 15) is 0 Å². The topological polar surface area (TPSA) is 18.5 Å². The molecule has 0 aromatic carbocycles. The molecule has 0 aromatic rings. The van der Waals surface area contributed by atoms with E-state index in [1.807, 2.05) is 0 Å². The van der Waals surface area contributed by atoms with Gasteiger partial charge < -0.3 is 8.23 Å². The van der Waals surface area contributed by atoms with Gasteiger partial charge in [0.15, 0.2) is 16.6 Å². The summed E-state index contributed by atoms with van der Waals surface area (Å²) < 4.78 is 11.4. The summed E-state index contributed by atoms with van der Waals surface area (Å²) in [6.07, 6.45) is 0. The molecule has 0 atom stereocenters. The van der Waals surface area contributed by atoms with Crippen molar-refractivity contribution in [1.29, 1.82) is 0 Å². The lowest BCUT2D eigenvalue weighted by molar-refractivity contribution is 0.457. The SMILES string of the molecule is C[Si](C)(C)O[SiH2]O[Si](C)(C)C.[SiH4]. The van der Waals surface area contributed by atoms with E-state index in [0.717, 1.165) is 0 Å². The normalized spacial score (nSPS) is 12.5. The van der Waals surface area contributed by atoms with Gasteiger partial charge in [-0.15, -0.1) is 0 Å². The summed E-state index contributed by atoms with van der Waals surface area (Å²) in [5, 5.41) is 0. The zero-order chi connectivity index (χ0) is 9.12. The van der Waals surface area contributed by atoms with Crippen LogP contribution in [0.3, 0.4) is 0 Å². The second kappa shape index (κ2) is 5.50. The van der Waals surface area contributed by atoms with Crippen LogP contribution in [0.5, 0.6) is 0 Å². The van der Waals surface area contributed by atoms with Gasteiger partial charge in [-0.3, -0.25) is 0 Å². The van der Waals surface area contributed by atoms with E-state index in [1.165, 1.54) is 0 Å². The van der Waals surface area contributed by atoms with Crippen molar-refractivity contribution in [3.05, 3.63) is 0 Å². The molecule has 0 aromatic heterocycles. The standard InChI is InChI=1S/C6H20O2Si3.H4Si/c1-10(2,3)7-9-8-11(4,5)6;/h9H2,1-6H3;1H4. The van der Waals surface area contributed by atoms with Gasteiger partial charge in [-0.25, -0.2) is 0 Å². The van der Waals surface area contributed by atoms with Gasteiger partial charge in [0.1, 0.15) is 0 Å². The van der Waals surface area contributed by atoms with E-state index in [-0.39, 0.29) is 11.0 Å². The summed E-state index contributed by atoms with van der Waals surface area (Å²) >= 11 is 0. The molecule has 0 bridgehead atoms. The third-order valence-corrected chi connectivity index (χ3v) is 8.85. The van der Waals surface area contributed by atoms with Crippen molar-refractivity contribution >= 4 is 37.6 Å². The molecule has 12 heavy (non-hydrogen) atoms. The third-order valence-electron chi connectivity index (χ3n) is 0.984. The van der Waals surface area contributed by atoms with Crippen LogP contribution in [-0.2, 0) is 8.23 Å². The van der Waals surface area contributed by atoms with Crippen LogP contribution in [-0.4, -0.2) is 37.6 Å². The summed E-state index contributed by atoms with van der Waals surface area (Å²) in [7, 11) is -3.27. The van der Waals surface area contributed by atoms with Gasteiger partial charge in [0, 0.05) is 0 Å². The first-order valence-corrected chi connectivity index (χ1v) is 12.0. The van der Waals surface area contributed by atoms with Crippen molar-refractivity contribution in [1.82, 2.24) is 0 Å². The summed E-state index contributed by atoms with van der Waals surface area (Å²) in [5.41, 5.74) is 0. The Kier molecular flexibility index (Phi) is 7.00. The lowest BCUT2D eigenvalue weighted by Crippen LogP contribution is -2.34. The lowest BCUT2D eigenvalue weighted by Gasteiger charge is -2.22. The van der Waals surface area contributed by atoms with Gasteiger partial charge in [0.2, 0.25) is 0 Å². The van der Waals surface area contributed by atoms with E-state index in [1.54, 1.807) is 0 Å². The quantitative estimate of drug-likeness (QED) is 0.656. The van der Waals surface area contributed by atoms with Gasteiger partial charge in [0.25, 0.3) is 10.0 Å². The Labute approximate surface area is 85.4 Å². The average molecular weight is 241 g/mol. The molecule has 0 saturated carbocycles. The molecule has 0 spiro atoms. The Morgan fingerprint density at radius 1 is 0.750 bits per heavy atom. The van der Waals surface area contributed by atoms with Crippen molar-refractivity contribution in [3.8, 4) is 0 Å². The van der Waals surface area contributed by atoms with Crippen molar-refractivity contribution in [2.45, 2.75) is 39.3 Å². The average Bonchev–Trinajstić information content (AvgIpc) is 1.55. The molecule has 0 radical (unpaired) electrons. The van der Waals surface area contributed by atoms with E-state index in [0.29, 0.717) is 0 Å². The number of rotatable bonds is 4. The molecule has 6 heteroatoms. The second-order valence-electron chi connectivity index (χ2n) is 4.63. The highest BCUT2D eigenvalue weighted by atomic mass is 28.4. The van der Waals surface area contributed by atoms with Crippen LogP contribution in [0.25, 0.3) is 0 Å². The van der Waals surface area contributed by atoms with Gasteiger partial charge >= 0.3 is 0 Å². The largest absolute Gasteiger partial charge is 0.441 e. The monoisotopic (exact) mass is 240 g/mol. The molecule has 2 nitrogen and oxygen atoms in total. The smallest absolute Gasteiger partial charge is 0.283 e. The van der Waals surface area contributed by atoms with E-state index in [4.69, 9.17) is 8.23 Å². The minimum atomic E-state index is -1.30. The molecule has 0 N–H and O–H groups in total. The Morgan fingerprint density at radius 2 is 1.00 bits per heavy atom. The number of hydrogen-bond acceptors (Lipinski definition) is 2. The van der Waals surface area contributed by atoms with Crippen molar-refractivity contribution in [2.75, 3.05) is 0 Å². The molecular formula is C6H24O2Si4. The molecule has 76 valence electrons. The van der Waals surface area contributed by atoms with Crippen LogP contribution < -0.4 is 0 Å². The van der Waals surface area contributed by atoms with Crippen molar-refractivity contribution in [3.63, 3.8) is 0 Å². The predicted molar refractivity (Wildman–Crippen MR) is 68.7 cm³/mol. The fourth-order valence-corrected chi connectivity index (χ4v) is 3.98. The zero-order valence-electron chi connectivity index (χ0n) is 8.52. The fraction of sp³-hybridized carbons (Fsp3) is 1.00. The first kappa shape index (κ1) is 15.3. The highest BCUT2D eigenvalue weighted by molar-refractivity contribution is 6.77. The molecule has 0 unspecified atom stereocenters. The van der Waals surface area contributed by atoms with Gasteiger partial charge in [0.05, 0.1) is 0 Å². The molecule has 0 amide bonds. The molecule has 0 aliphatic rings.